The SMILES string of the molecule is Cc1cccc(C(=O)NC(C)c2cn[nH]c2)c1F. The Bertz CT molecular complexity index is 551. The monoisotopic (exact) mass is 247 g/mol. The lowest BCUT2D eigenvalue weighted by Gasteiger charge is -2.12. The molecule has 4 nitrogen and oxygen atoms in total. The summed E-state index contributed by atoms with van der Waals surface area (Å²) in [6, 6.07) is 4.54. The number of hydrogen-bond acceptors (Lipinski definition) is 2. The predicted octanol–water partition coefficient (Wildman–Crippen LogP) is 2.35. The van der Waals surface area contributed by atoms with Crippen LogP contribution in [-0.4, -0.2) is 16.1 Å². The Hall–Kier alpha value is -2.17. The van der Waals surface area contributed by atoms with Gasteiger partial charge in [-0.25, -0.2) is 4.39 Å². The molecule has 1 aromatic carbocycles. The molecule has 0 aliphatic rings. The zero-order chi connectivity index (χ0) is 13.1. The Kier molecular flexibility index (Phi) is 3.41. The van der Waals surface area contributed by atoms with Crippen molar-refractivity contribution in [3.63, 3.8) is 0 Å². The molecule has 5 heteroatoms. The zero-order valence-electron chi connectivity index (χ0n) is 10.2. The van der Waals surface area contributed by atoms with Gasteiger partial charge in [-0.3, -0.25) is 9.89 Å². The number of aromatic amines is 1. The van der Waals surface area contributed by atoms with Crippen LogP contribution in [0.2, 0.25) is 0 Å². The van der Waals surface area contributed by atoms with Crippen LogP contribution >= 0.6 is 0 Å². The van der Waals surface area contributed by atoms with Crippen LogP contribution in [-0.2, 0) is 0 Å². The van der Waals surface area contributed by atoms with Gasteiger partial charge < -0.3 is 5.32 Å². The number of carbonyl (C=O) groups excluding carboxylic acids is 1. The average Bonchev–Trinajstić information content (AvgIpc) is 2.86. The van der Waals surface area contributed by atoms with Crippen LogP contribution in [0.4, 0.5) is 4.39 Å². The minimum atomic E-state index is -0.477. The van der Waals surface area contributed by atoms with Crippen molar-refractivity contribution in [3.8, 4) is 0 Å². The lowest BCUT2D eigenvalue weighted by molar-refractivity contribution is 0.0935. The van der Waals surface area contributed by atoms with Crippen LogP contribution in [0.1, 0.15) is 34.5 Å². The second kappa shape index (κ2) is 5.00. The number of rotatable bonds is 3. The van der Waals surface area contributed by atoms with Gasteiger partial charge >= 0.3 is 0 Å². The van der Waals surface area contributed by atoms with E-state index in [0.717, 1.165) is 5.56 Å². The van der Waals surface area contributed by atoms with Crippen LogP contribution in [0.3, 0.4) is 0 Å². The highest BCUT2D eigenvalue weighted by Crippen LogP contribution is 2.14. The Morgan fingerprint density at radius 3 is 2.94 bits per heavy atom. The fourth-order valence-corrected chi connectivity index (χ4v) is 1.68. The highest BCUT2D eigenvalue weighted by molar-refractivity contribution is 5.94. The molecule has 0 spiro atoms. The van der Waals surface area contributed by atoms with Crippen LogP contribution in [0.25, 0.3) is 0 Å². The maximum atomic E-state index is 13.8. The van der Waals surface area contributed by atoms with Gasteiger partial charge in [0, 0.05) is 11.8 Å². The van der Waals surface area contributed by atoms with Crippen molar-refractivity contribution >= 4 is 5.91 Å². The molecule has 1 aromatic heterocycles. The fraction of sp³-hybridized carbons (Fsp3) is 0.231. The smallest absolute Gasteiger partial charge is 0.254 e. The van der Waals surface area contributed by atoms with Gasteiger partial charge in [0.15, 0.2) is 0 Å². The summed E-state index contributed by atoms with van der Waals surface area (Å²) in [5.41, 5.74) is 1.36. The van der Waals surface area contributed by atoms with E-state index < -0.39 is 11.7 Å². The first-order valence-electron chi connectivity index (χ1n) is 5.64. The molecular weight excluding hydrogens is 233 g/mol. The van der Waals surface area contributed by atoms with Gasteiger partial charge in [0.25, 0.3) is 5.91 Å². The Morgan fingerprint density at radius 1 is 1.50 bits per heavy atom. The molecule has 94 valence electrons. The van der Waals surface area contributed by atoms with Gasteiger partial charge in [-0.2, -0.15) is 5.10 Å². The van der Waals surface area contributed by atoms with Gasteiger partial charge in [-0.15, -0.1) is 0 Å². The summed E-state index contributed by atoms with van der Waals surface area (Å²) in [4.78, 5) is 11.9. The fourth-order valence-electron chi connectivity index (χ4n) is 1.68. The Balaban J connectivity index is 2.15. The molecule has 2 rings (SSSR count). The molecule has 0 saturated carbocycles. The molecule has 1 heterocycles. The number of H-pyrrole nitrogens is 1. The van der Waals surface area contributed by atoms with Crippen molar-refractivity contribution in [1.29, 1.82) is 0 Å². The van der Waals surface area contributed by atoms with Gasteiger partial charge in [-0.05, 0) is 25.5 Å². The first-order chi connectivity index (χ1) is 8.59. The lowest BCUT2D eigenvalue weighted by Crippen LogP contribution is -2.27. The Labute approximate surface area is 104 Å². The molecule has 1 amide bonds. The number of hydrogen-bond donors (Lipinski definition) is 2. The third-order valence-corrected chi connectivity index (χ3v) is 2.80. The highest BCUT2D eigenvalue weighted by atomic mass is 19.1. The summed E-state index contributed by atoms with van der Waals surface area (Å²) >= 11 is 0. The van der Waals surface area contributed by atoms with E-state index in [4.69, 9.17) is 0 Å². The minimum absolute atomic E-state index is 0.0605. The second-order valence-corrected chi connectivity index (χ2v) is 4.16. The quantitative estimate of drug-likeness (QED) is 0.874. The van der Waals surface area contributed by atoms with E-state index in [-0.39, 0.29) is 11.6 Å². The largest absolute Gasteiger partial charge is 0.345 e. The molecule has 2 aromatic rings. The second-order valence-electron chi connectivity index (χ2n) is 4.16. The summed E-state index contributed by atoms with van der Waals surface area (Å²) in [7, 11) is 0. The van der Waals surface area contributed by atoms with Gasteiger partial charge in [0.05, 0.1) is 17.8 Å². The maximum absolute atomic E-state index is 13.8. The normalized spacial score (nSPS) is 12.2. The van der Waals surface area contributed by atoms with Crippen molar-refractivity contribution in [1.82, 2.24) is 15.5 Å². The van der Waals surface area contributed by atoms with E-state index in [1.807, 2.05) is 6.92 Å². The summed E-state index contributed by atoms with van der Waals surface area (Å²) in [5.74, 6) is -0.903. The Morgan fingerprint density at radius 2 is 2.28 bits per heavy atom. The number of aryl methyl sites for hydroxylation is 1. The zero-order valence-corrected chi connectivity index (χ0v) is 10.2. The average molecular weight is 247 g/mol. The minimum Gasteiger partial charge on any atom is -0.345 e. The van der Waals surface area contributed by atoms with E-state index in [9.17, 15) is 9.18 Å². The van der Waals surface area contributed by atoms with Gasteiger partial charge in [-0.1, -0.05) is 12.1 Å². The number of amides is 1. The molecule has 0 saturated heterocycles. The summed E-state index contributed by atoms with van der Waals surface area (Å²) in [5, 5.41) is 9.20. The maximum Gasteiger partial charge on any atom is 0.254 e. The highest BCUT2D eigenvalue weighted by Gasteiger charge is 2.16. The number of halogens is 1. The first-order valence-corrected chi connectivity index (χ1v) is 5.64. The van der Waals surface area contributed by atoms with Gasteiger partial charge in [0.1, 0.15) is 5.82 Å². The van der Waals surface area contributed by atoms with E-state index in [0.29, 0.717) is 5.56 Å². The number of nitrogens with one attached hydrogen (secondary N) is 2. The predicted molar refractivity (Wildman–Crippen MR) is 65.6 cm³/mol. The third kappa shape index (κ3) is 2.40. The standard InChI is InChI=1S/C13H14FN3O/c1-8-4-3-5-11(12(8)14)13(18)17-9(2)10-6-15-16-7-10/h3-7,9H,1-2H3,(H,15,16)(H,17,18). The van der Waals surface area contributed by atoms with Crippen LogP contribution < -0.4 is 5.32 Å². The van der Waals surface area contributed by atoms with Crippen molar-refractivity contribution < 1.29 is 9.18 Å². The van der Waals surface area contributed by atoms with Crippen molar-refractivity contribution in [2.45, 2.75) is 19.9 Å². The van der Waals surface area contributed by atoms with Crippen molar-refractivity contribution in [2.24, 2.45) is 0 Å². The van der Waals surface area contributed by atoms with Crippen LogP contribution in [0.15, 0.2) is 30.6 Å². The molecule has 0 fully saturated rings. The van der Waals surface area contributed by atoms with E-state index in [1.54, 1.807) is 31.5 Å². The molecule has 0 aliphatic heterocycles. The first kappa shape index (κ1) is 12.3. The van der Waals surface area contributed by atoms with Crippen LogP contribution in [0.5, 0.6) is 0 Å². The summed E-state index contributed by atoms with van der Waals surface area (Å²) < 4.78 is 13.8. The molecule has 1 atom stereocenters. The van der Waals surface area contributed by atoms with Gasteiger partial charge in [0.2, 0.25) is 0 Å². The third-order valence-electron chi connectivity index (χ3n) is 2.80. The number of nitrogens with zero attached hydrogens (tertiary/aromatic N) is 1. The van der Waals surface area contributed by atoms with E-state index in [1.165, 1.54) is 6.07 Å². The molecule has 0 radical (unpaired) electrons. The summed E-state index contributed by atoms with van der Waals surface area (Å²) in [6.45, 7) is 3.45. The van der Waals surface area contributed by atoms with Crippen molar-refractivity contribution in [2.75, 3.05) is 0 Å². The number of carbonyl (C=O) groups is 1. The molecule has 18 heavy (non-hydrogen) atoms. The number of benzene rings is 1. The number of aromatic nitrogens is 2. The lowest BCUT2D eigenvalue weighted by atomic mass is 10.1. The molecule has 0 bridgehead atoms. The molecule has 1 unspecified atom stereocenters. The molecule has 0 aliphatic carbocycles. The molecule has 2 N–H and O–H groups in total. The van der Waals surface area contributed by atoms with Crippen LogP contribution in [0, 0.1) is 12.7 Å². The van der Waals surface area contributed by atoms with E-state index >= 15 is 0 Å². The topological polar surface area (TPSA) is 57.8 Å². The van der Waals surface area contributed by atoms with Crippen molar-refractivity contribution in [3.05, 3.63) is 53.1 Å². The molecular formula is C13H14FN3O. The van der Waals surface area contributed by atoms with E-state index in [2.05, 4.69) is 15.5 Å². The summed E-state index contributed by atoms with van der Waals surface area (Å²) in [6.07, 6.45) is 3.31.